The summed E-state index contributed by atoms with van der Waals surface area (Å²) in [5.41, 5.74) is 2.24. The normalized spacial score (nSPS) is 15.8. The summed E-state index contributed by atoms with van der Waals surface area (Å²) >= 11 is 0. The van der Waals surface area contributed by atoms with Gasteiger partial charge in [0.2, 0.25) is 0 Å². The maximum atomic E-state index is 11.9. The molecule has 0 heterocycles. The van der Waals surface area contributed by atoms with Crippen LogP contribution in [0.5, 0.6) is 5.75 Å². The standard InChI is InChI=1S/C15H20O2/c1-10(2)13-8-7-11(3)9-14(13)17-15(16)12-5-4-6-12/h7-10,12H,4-6H2,1-3H3. The lowest BCUT2D eigenvalue weighted by Crippen LogP contribution is -2.26. The van der Waals surface area contributed by atoms with Crippen LogP contribution in [0.2, 0.25) is 0 Å². The van der Waals surface area contributed by atoms with Crippen molar-refractivity contribution < 1.29 is 9.53 Å². The van der Waals surface area contributed by atoms with Gasteiger partial charge in [-0.1, -0.05) is 32.4 Å². The van der Waals surface area contributed by atoms with E-state index in [1.54, 1.807) is 0 Å². The fourth-order valence-electron chi connectivity index (χ4n) is 2.04. The van der Waals surface area contributed by atoms with Crippen molar-refractivity contribution in [1.29, 1.82) is 0 Å². The van der Waals surface area contributed by atoms with Crippen LogP contribution in [0.15, 0.2) is 18.2 Å². The Hall–Kier alpha value is -1.31. The molecule has 0 atom stereocenters. The van der Waals surface area contributed by atoms with Crippen molar-refractivity contribution in [2.75, 3.05) is 0 Å². The van der Waals surface area contributed by atoms with Crippen molar-refractivity contribution in [2.24, 2.45) is 5.92 Å². The lowest BCUT2D eigenvalue weighted by atomic mass is 9.85. The van der Waals surface area contributed by atoms with Crippen molar-refractivity contribution in [3.8, 4) is 5.75 Å². The van der Waals surface area contributed by atoms with Gasteiger partial charge in [0.15, 0.2) is 0 Å². The SMILES string of the molecule is Cc1ccc(C(C)C)c(OC(=O)C2CCC2)c1. The molecule has 0 amide bonds. The third kappa shape index (κ3) is 2.68. The average Bonchev–Trinajstić information content (AvgIpc) is 2.13. The van der Waals surface area contributed by atoms with E-state index in [0.29, 0.717) is 5.92 Å². The minimum absolute atomic E-state index is 0.0521. The van der Waals surface area contributed by atoms with Crippen molar-refractivity contribution in [3.05, 3.63) is 29.3 Å². The minimum Gasteiger partial charge on any atom is -0.426 e. The number of rotatable bonds is 3. The van der Waals surface area contributed by atoms with Gasteiger partial charge >= 0.3 is 5.97 Å². The zero-order valence-electron chi connectivity index (χ0n) is 10.8. The zero-order chi connectivity index (χ0) is 12.4. The largest absolute Gasteiger partial charge is 0.426 e. The van der Waals surface area contributed by atoms with E-state index in [1.807, 2.05) is 13.0 Å². The van der Waals surface area contributed by atoms with Crippen molar-refractivity contribution in [3.63, 3.8) is 0 Å². The summed E-state index contributed by atoms with van der Waals surface area (Å²) in [5.74, 6) is 1.20. The first kappa shape index (κ1) is 12.2. The van der Waals surface area contributed by atoms with Crippen molar-refractivity contribution >= 4 is 5.97 Å². The Labute approximate surface area is 103 Å². The second-order valence-electron chi connectivity index (χ2n) is 5.24. The molecule has 92 valence electrons. The number of esters is 1. The van der Waals surface area contributed by atoms with Crippen molar-refractivity contribution in [2.45, 2.75) is 46.0 Å². The van der Waals surface area contributed by atoms with Crippen LogP contribution in [0.4, 0.5) is 0 Å². The van der Waals surface area contributed by atoms with E-state index in [4.69, 9.17) is 4.74 Å². The van der Waals surface area contributed by atoms with Crippen LogP contribution in [-0.2, 0) is 4.79 Å². The molecular weight excluding hydrogens is 212 g/mol. The third-order valence-corrected chi connectivity index (χ3v) is 3.44. The van der Waals surface area contributed by atoms with Gasteiger partial charge < -0.3 is 4.74 Å². The molecule has 0 unspecified atom stereocenters. The van der Waals surface area contributed by atoms with Gasteiger partial charge in [-0.05, 0) is 42.9 Å². The van der Waals surface area contributed by atoms with Gasteiger partial charge in [0.1, 0.15) is 5.75 Å². The van der Waals surface area contributed by atoms with Crippen LogP contribution in [0, 0.1) is 12.8 Å². The first-order chi connectivity index (χ1) is 8.08. The lowest BCUT2D eigenvalue weighted by molar-refractivity contribution is -0.141. The molecule has 2 nitrogen and oxygen atoms in total. The maximum absolute atomic E-state index is 11.9. The summed E-state index contributed by atoms with van der Waals surface area (Å²) in [4.78, 5) is 11.9. The molecule has 0 saturated heterocycles. The third-order valence-electron chi connectivity index (χ3n) is 3.44. The molecule has 0 N–H and O–H groups in total. The van der Waals surface area contributed by atoms with E-state index >= 15 is 0 Å². The predicted octanol–water partition coefficient (Wildman–Crippen LogP) is 3.82. The topological polar surface area (TPSA) is 26.3 Å². The Morgan fingerprint density at radius 3 is 2.59 bits per heavy atom. The maximum Gasteiger partial charge on any atom is 0.314 e. The van der Waals surface area contributed by atoms with E-state index < -0.39 is 0 Å². The second kappa shape index (κ2) is 4.91. The predicted molar refractivity (Wildman–Crippen MR) is 68.2 cm³/mol. The van der Waals surface area contributed by atoms with Crippen LogP contribution < -0.4 is 4.74 Å². The quantitative estimate of drug-likeness (QED) is 0.585. The van der Waals surface area contributed by atoms with E-state index in [1.165, 1.54) is 0 Å². The summed E-state index contributed by atoms with van der Waals surface area (Å²) in [7, 11) is 0. The van der Waals surface area contributed by atoms with E-state index in [0.717, 1.165) is 36.1 Å². The molecule has 1 aliphatic rings. The number of hydrogen-bond donors (Lipinski definition) is 0. The van der Waals surface area contributed by atoms with Gasteiger partial charge in [-0.15, -0.1) is 0 Å². The Morgan fingerprint density at radius 1 is 1.35 bits per heavy atom. The summed E-state index contributed by atoms with van der Waals surface area (Å²) < 4.78 is 5.55. The summed E-state index contributed by atoms with van der Waals surface area (Å²) in [6.45, 7) is 6.25. The molecule has 0 aromatic heterocycles. The van der Waals surface area contributed by atoms with Crippen LogP contribution in [0.1, 0.15) is 50.2 Å². The zero-order valence-corrected chi connectivity index (χ0v) is 10.8. The number of hydrogen-bond acceptors (Lipinski definition) is 2. The number of ether oxygens (including phenoxy) is 1. The molecule has 1 fully saturated rings. The van der Waals surface area contributed by atoms with Gasteiger partial charge in [-0.3, -0.25) is 4.79 Å². The molecule has 2 heteroatoms. The van der Waals surface area contributed by atoms with Gasteiger partial charge in [0, 0.05) is 0 Å². The first-order valence-corrected chi connectivity index (χ1v) is 6.40. The number of aryl methyl sites for hydroxylation is 1. The van der Waals surface area contributed by atoms with Crippen LogP contribution >= 0.6 is 0 Å². The molecule has 0 bridgehead atoms. The second-order valence-corrected chi connectivity index (χ2v) is 5.24. The molecule has 1 aliphatic carbocycles. The van der Waals surface area contributed by atoms with Crippen molar-refractivity contribution in [1.82, 2.24) is 0 Å². The molecule has 0 spiro atoms. The minimum atomic E-state index is -0.0521. The number of carbonyl (C=O) groups is 1. The molecule has 17 heavy (non-hydrogen) atoms. The highest BCUT2D eigenvalue weighted by atomic mass is 16.5. The Kier molecular flexibility index (Phi) is 3.51. The van der Waals surface area contributed by atoms with Gasteiger partial charge in [-0.25, -0.2) is 0 Å². The van der Waals surface area contributed by atoms with E-state index in [9.17, 15) is 4.79 Å². The number of carbonyl (C=O) groups excluding carboxylic acids is 1. The Bertz CT molecular complexity index is 417. The van der Waals surface area contributed by atoms with Crippen LogP contribution in [-0.4, -0.2) is 5.97 Å². The highest BCUT2D eigenvalue weighted by Crippen LogP contribution is 2.31. The fraction of sp³-hybridized carbons (Fsp3) is 0.533. The van der Waals surface area contributed by atoms with Crippen LogP contribution in [0.25, 0.3) is 0 Å². The number of benzene rings is 1. The smallest absolute Gasteiger partial charge is 0.314 e. The molecule has 1 saturated carbocycles. The highest BCUT2D eigenvalue weighted by Gasteiger charge is 2.27. The Morgan fingerprint density at radius 2 is 2.06 bits per heavy atom. The molecule has 2 rings (SSSR count). The molecule has 1 aromatic rings. The van der Waals surface area contributed by atoms with Gasteiger partial charge in [0.05, 0.1) is 5.92 Å². The molecular formula is C15H20O2. The molecule has 0 aliphatic heterocycles. The average molecular weight is 232 g/mol. The highest BCUT2D eigenvalue weighted by molar-refractivity contribution is 5.76. The van der Waals surface area contributed by atoms with Gasteiger partial charge in [-0.2, -0.15) is 0 Å². The summed E-state index contributed by atoms with van der Waals surface area (Å²) in [5, 5.41) is 0. The van der Waals surface area contributed by atoms with E-state index in [2.05, 4.69) is 26.0 Å². The summed E-state index contributed by atoms with van der Waals surface area (Å²) in [6.07, 6.45) is 3.13. The first-order valence-electron chi connectivity index (χ1n) is 6.40. The Balaban J connectivity index is 2.17. The van der Waals surface area contributed by atoms with E-state index in [-0.39, 0.29) is 11.9 Å². The van der Waals surface area contributed by atoms with Crippen LogP contribution in [0.3, 0.4) is 0 Å². The fourth-order valence-corrected chi connectivity index (χ4v) is 2.04. The summed E-state index contributed by atoms with van der Waals surface area (Å²) in [6, 6.07) is 6.09. The monoisotopic (exact) mass is 232 g/mol. The molecule has 1 aromatic carbocycles. The lowest BCUT2D eigenvalue weighted by Gasteiger charge is -2.24. The molecule has 0 radical (unpaired) electrons. The van der Waals surface area contributed by atoms with Gasteiger partial charge in [0.25, 0.3) is 0 Å².